The summed E-state index contributed by atoms with van der Waals surface area (Å²) >= 11 is 1.34. The van der Waals surface area contributed by atoms with Crippen LogP contribution >= 0.6 is 11.3 Å². The van der Waals surface area contributed by atoms with Crippen LogP contribution in [0.4, 0.5) is 0 Å². The van der Waals surface area contributed by atoms with Gasteiger partial charge in [0, 0.05) is 11.9 Å². The van der Waals surface area contributed by atoms with E-state index in [0.29, 0.717) is 12.2 Å². The summed E-state index contributed by atoms with van der Waals surface area (Å²) in [5.41, 5.74) is 1.73. The van der Waals surface area contributed by atoms with Crippen LogP contribution in [0.2, 0.25) is 0 Å². The lowest BCUT2D eigenvalue weighted by Gasteiger charge is -2.17. The van der Waals surface area contributed by atoms with Crippen LogP contribution in [-0.4, -0.2) is 37.8 Å². The molecule has 0 N–H and O–H groups in total. The van der Waals surface area contributed by atoms with Gasteiger partial charge in [0.2, 0.25) is 0 Å². The number of amides is 1. The fraction of sp³-hybridized carbons (Fsp3) is 0.286. The predicted octanol–water partition coefficient (Wildman–Crippen LogP) is 2.17. The molecule has 8 heteroatoms. The van der Waals surface area contributed by atoms with E-state index in [4.69, 9.17) is 4.74 Å². The third-order valence-corrected chi connectivity index (χ3v) is 5.90. The van der Waals surface area contributed by atoms with Crippen molar-refractivity contribution in [1.29, 1.82) is 0 Å². The van der Waals surface area contributed by atoms with Gasteiger partial charge in [-0.25, -0.2) is 17.7 Å². The number of sulfonamides is 1. The second-order valence-electron chi connectivity index (χ2n) is 4.43. The maximum Gasteiger partial charge on any atom is 0.287 e. The molecule has 0 radical (unpaired) electrons. The van der Waals surface area contributed by atoms with Crippen LogP contribution in [0.1, 0.15) is 22.3 Å². The molecule has 2 rings (SSSR count). The fourth-order valence-corrected chi connectivity index (χ4v) is 3.66. The van der Waals surface area contributed by atoms with Crippen molar-refractivity contribution < 1.29 is 17.9 Å². The monoisotopic (exact) mass is 340 g/mol. The lowest BCUT2D eigenvalue weighted by Crippen LogP contribution is -2.33. The van der Waals surface area contributed by atoms with Gasteiger partial charge in [0.15, 0.2) is 0 Å². The maximum atomic E-state index is 12.5. The Morgan fingerprint density at radius 2 is 1.95 bits per heavy atom. The molecule has 0 aliphatic heterocycles. The highest BCUT2D eigenvalue weighted by molar-refractivity contribution is 7.89. The molecule has 2 aromatic rings. The molecule has 0 atom stereocenters. The lowest BCUT2D eigenvalue weighted by atomic mass is 10.3. The van der Waals surface area contributed by atoms with Gasteiger partial charge in [0.05, 0.1) is 17.5 Å². The normalized spacial score (nSPS) is 11.2. The van der Waals surface area contributed by atoms with Gasteiger partial charge in [-0.3, -0.25) is 4.79 Å². The first-order valence-corrected chi connectivity index (χ1v) is 8.83. The number of thiazole rings is 1. The van der Waals surface area contributed by atoms with Crippen LogP contribution in [0.3, 0.4) is 0 Å². The van der Waals surface area contributed by atoms with Crippen LogP contribution < -0.4 is 4.74 Å². The molecule has 0 bridgehead atoms. The third kappa shape index (κ3) is 2.97. The van der Waals surface area contributed by atoms with Crippen molar-refractivity contribution in [1.82, 2.24) is 9.29 Å². The molecule has 0 aliphatic carbocycles. The molecule has 1 aromatic carbocycles. The summed E-state index contributed by atoms with van der Waals surface area (Å²) in [7, 11) is -1.19. The summed E-state index contributed by atoms with van der Waals surface area (Å²) in [5.74, 6) is -0.0883. The highest BCUT2D eigenvalue weighted by atomic mass is 32.2. The van der Waals surface area contributed by atoms with Gasteiger partial charge in [0.1, 0.15) is 11.4 Å². The Morgan fingerprint density at radius 1 is 1.32 bits per heavy atom. The van der Waals surface area contributed by atoms with Crippen molar-refractivity contribution in [3.05, 3.63) is 40.3 Å². The lowest BCUT2D eigenvalue weighted by molar-refractivity contribution is 0.0877. The first-order chi connectivity index (χ1) is 10.4. The molecule has 6 nitrogen and oxygen atoms in total. The number of aromatic nitrogens is 1. The van der Waals surface area contributed by atoms with Crippen molar-refractivity contribution in [3.63, 3.8) is 0 Å². The molecule has 118 valence electrons. The number of hydrogen-bond acceptors (Lipinski definition) is 6. The Morgan fingerprint density at radius 3 is 2.50 bits per heavy atom. The minimum atomic E-state index is -3.92. The van der Waals surface area contributed by atoms with E-state index in [0.717, 1.165) is 9.18 Å². The summed E-state index contributed by atoms with van der Waals surface area (Å²) in [6, 6.07) is 5.87. The zero-order chi connectivity index (χ0) is 16.3. The van der Waals surface area contributed by atoms with E-state index in [1.165, 1.54) is 49.8 Å². The Labute approximate surface area is 133 Å². The average Bonchev–Trinajstić information content (AvgIpc) is 3.02. The molecule has 0 fully saturated rings. The van der Waals surface area contributed by atoms with Crippen molar-refractivity contribution in [3.8, 4) is 5.75 Å². The Bertz CT molecular complexity index is 766. The second-order valence-corrected chi connectivity index (χ2v) is 7.34. The molecule has 1 aromatic heterocycles. The minimum absolute atomic E-state index is 0.0254. The van der Waals surface area contributed by atoms with E-state index in [2.05, 4.69) is 4.98 Å². The quantitative estimate of drug-likeness (QED) is 0.834. The molecule has 0 aliphatic rings. The number of carbonyl (C=O) groups excluding carboxylic acids is 1. The molecule has 22 heavy (non-hydrogen) atoms. The largest absolute Gasteiger partial charge is 0.497 e. The molecular weight excluding hydrogens is 324 g/mol. The Hall–Kier alpha value is -1.93. The van der Waals surface area contributed by atoms with E-state index in [-0.39, 0.29) is 10.6 Å². The highest BCUT2D eigenvalue weighted by Gasteiger charge is 2.29. The zero-order valence-electron chi connectivity index (χ0n) is 12.4. The SMILES string of the molecule is CCc1scnc1C(=O)N(C)S(=O)(=O)c1ccc(OC)cc1. The summed E-state index contributed by atoms with van der Waals surface area (Å²) in [6.07, 6.45) is 0.627. The summed E-state index contributed by atoms with van der Waals surface area (Å²) in [4.78, 5) is 17.2. The molecule has 0 spiro atoms. The topological polar surface area (TPSA) is 76.6 Å². The maximum absolute atomic E-state index is 12.5. The van der Waals surface area contributed by atoms with Gasteiger partial charge in [-0.15, -0.1) is 11.3 Å². The van der Waals surface area contributed by atoms with Crippen molar-refractivity contribution in [2.24, 2.45) is 0 Å². The summed E-state index contributed by atoms with van der Waals surface area (Å²) in [5, 5.41) is 0. The smallest absolute Gasteiger partial charge is 0.287 e. The zero-order valence-corrected chi connectivity index (χ0v) is 14.1. The van der Waals surface area contributed by atoms with Gasteiger partial charge < -0.3 is 4.74 Å². The second kappa shape index (κ2) is 6.45. The van der Waals surface area contributed by atoms with Crippen LogP contribution in [0.5, 0.6) is 5.75 Å². The van der Waals surface area contributed by atoms with E-state index in [9.17, 15) is 13.2 Å². The summed E-state index contributed by atoms with van der Waals surface area (Å²) in [6.45, 7) is 1.89. The van der Waals surface area contributed by atoms with Crippen molar-refractivity contribution >= 4 is 27.3 Å². The number of nitrogens with zero attached hydrogens (tertiary/aromatic N) is 2. The van der Waals surface area contributed by atoms with Gasteiger partial charge in [-0.2, -0.15) is 0 Å². The van der Waals surface area contributed by atoms with Crippen LogP contribution in [0, 0.1) is 0 Å². The van der Waals surface area contributed by atoms with E-state index in [1.54, 1.807) is 5.51 Å². The van der Waals surface area contributed by atoms with Crippen molar-refractivity contribution in [2.45, 2.75) is 18.2 Å². The van der Waals surface area contributed by atoms with E-state index >= 15 is 0 Å². The molecule has 1 amide bonds. The van der Waals surface area contributed by atoms with Gasteiger partial charge >= 0.3 is 0 Å². The number of carbonyl (C=O) groups is 1. The number of ether oxygens (including phenoxy) is 1. The first-order valence-electron chi connectivity index (χ1n) is 6.51. The first kappa shape index (κ1) is 16.4. The van der Waals surface area contributed by atoms with Gasteiger partial charge in [-0.1, -0.05) is 6.92 Å². The fourth-order valence-electron chi connectivity index (χ4n) is 1.86. The van der Waals surface area contributed by atoms with E-state index < -0.39 is 15.9 Å². The van der Waals surface area contributed by atoms with E-state index in [1.807, 2.05) is 6.92 Å². The average molecular weight is 340 g/mol. The number of rotatable bonds is 5. The number of benzene rings is 1. The van der Waals surface area contributed by atoms with Crippen LogP contribution in [0.25, 0.3) is 0 Å². The highest BCUT2D eigenvalue weighted by Crippen LogP contribution is 2.22. The number of aryl methyl sites for hydroxylation is 1. The molecule has 1 heterocycles. The number of methoxy groups -OCH3 is 1. The number of hydrogen-bond donors (Lipinski definition) is 0. The standard InChI is InChI=1S/C14H16N2O4S2/c1-4-12-13(15-9-21-12)14(17)16(2)22(18,19)11-7-5-10(20-3)6-8-11/h5-9H,4H2,1-3H3. The molecular formula is C14H16N2O4S2. The molecule has 0 unspecified atom stereocenters. The Balaban J connectivity index is 2.33. The third-order valence-electron chi connectivity index (χ3n) is 3.17. The van der Waals surface area contributed by atoms with Gasteiger partial charge in [-0.05, 0) is 30.7 Å². The van der Waals surface area contributed by atoms with Crippen LogP contribution in [0.15, 0.2) is 34.7 Å². The summed E-state index contributed by atoms with van der Waals surface area (Å²) < 4.78 is 30.7. The molecule has 0 saturated heterocycles. The van der Waals surface area contributed by atoms with Crippen LogP contribution in [-0.2, 0) is 16.4 Å². The van der Waals surface area contributed by atoms with Gasteiger partial charge in [0.25, 0.3) is 15.9 Å². The predicted molar refractivity (Wildman–Crippen MR) is 83.8 cm³/mol. The molecule has 0 saturated carbocycles. The minimum Gasteiger partial charge on any atom is -0.497 e. The Kier molecular flexibility index (Phi) is 4.82. The van der Waals surface area contributed by atoms with Crippen molar-refractivity contribution in [2.75, 3.05) is 14.2 Å².